The third kappa shape index (κ3) is 4.13. The number of alkyl halides is 3. The van der Waals surface area contributed by atoms with Crippen molar-refractivity contribution in [2.24, 2.45) is 0 Å². The van der Waals surface area contributed by atoms with Crippen LogP contribution in [0.3, 0.4) is 0 Å². The Hall–Kier alpha value is -2.85. The molecule has 0 spiro atoms. The van der Waals surface area contributed by atoms with Gasteiger partial charge < -0.3 is 14.5 Å². The van der Waals surface area contributed by atoms with Gasteiger partial charge in [0.25, 0.3) is 5.91 Å². The van der Waals surface area contributed by atoms with Crippen molar-refractivity contribution in [2.45, 2.75) is 44.5 Å². The first-order valence-electron chi connectivity index (χ1n) is 9.12. The summed E-state index contributed by atoms with van der Waals surface area (Å²) < 4.78 is 43.7. The van der Waals surface area contributed by atoms with E-state index in [0.29, 0.717) is 24.2 Å². The SMILES string of the molecule is CC(OC(=O)N1CCC(C)(N(C)C(=O)c2cnc3cccnn23)CC1)C(F)(F)F. The van der Waals surface area contributed by atoms with Gasteiger partial charge in [-0.3, -0.25) is 4.79 Å². The molecule has 0 N–H and O–H groups in total. The Bertz CT molecular complexity index is 906. The average Bonchev–Trinajstić information content (AvgIpc) is 3.10. The van der Waals surface area contributed by atoms with Crippen LogP contribution < -0.4 is 0 Å². The molecule has 29 heavy (non-hydrogen) atoms. The van der Waals surface area contributed by atoms with Gasteiger partial charge in [-0.15, -0.1) is 0 Å². The van der Waals surface area contributed by atoms with Crippen LogP contribution in [0.2, 0.25) is 0 Å². The van der Waals surface area contributed by atoms with Crippen molar-refractivity contribution in [2.75, 3.05) is 20.1 Å². The van der Waals surface area contributed by atoms with E-state index in [4.69, 9.17) is 0 Å². The third-order valence-electron chi connectivity index (χ3n) is 5.45. The number of piperidine rings is 1. The maximum atomic E-state index is 13.0. The molecule has 2 aromatic heterocycles. The second-order valence-corrected chi connectivity index (χ2v) is 7.35. The molecule has 1 saturated heterocycles. The Morgan fingerprint density at radius 1 is 1.31 bits per heavy atom. The number of nitrogens with zero attached hydrogens (tertiary/aromatic N) is 5. The van der Waals surface area contributed by atoms with Gasteiger partial charge in [0.2, 0.25) is 0 Å². The minimum absolute atomic E-state index is 0.183. The first kappa shape index (κ1) is 20.9. The molecule has 11 heteroatoms. The summed E-state index contributed by atoms with van der Waals surface area (Å²) >= 11 is 0. The molecule has 3 heterocycles. The highest BCUT2D eigenvalue weighted by atomic mass is 19.4. The van der Waals surface area contributed by atoms with Crippen molar-refractivity contribution >= 4 is 17.6 Å². The summed E-state index contributed by atoms with van der Waals surface area (Å²) in [7, 11) is 1.66. The van der Waals surface area contributed by atoms with Crippen LogP contribution in [0, 0.1) is 0 Å². The number of amides is 2. The maximum Gasteiger partial charge on any atom is 0.425 e. The van der Waals surface area contributed by atoms with Crippen molar-refractivity contribution in [3.05, 3.63) is 30.2 Å². The van der Waals surface area contributed by atoms with Crippen LogP contribution in [0.25, 0.3) is 5.65 Å². The molecule has 3 rings (SSSR count). The zero-order valence-electron chi connectivity index (χ0n) is 16.3. The van der Waals surface area contributed by atoms with E-state index in [1.54, 1.807) is 30.3 Å². The molecule has 1 fully saturated rings. The molecule has 0 radical (unpaired) electrons. The van der Waals surface area contributed by atoms with E-state index in [9.17, 15) is 22.8 Å². The minimum Gasteiger partial charge on any atom is -0.437 e. The van der Waals surface area contributed by atoms with E-state index in [1.807, 2.05) is 6.92 Å². The first-order valence-corrected chi connectivity index (χ1v) is 9.12. The Kier molecular flexibility index (Phi) is 5.42. The summed E-state index contributed by atoms with van der Waals surface area (Å²) in [6.45, 7) is 3.04. The molecular weight excluding hydrogens is 391 g/mol. The average molecular weight is 413 g/mol. The van der Waals surface area contributed by atoms with Gasteiger partial charge in [-0.2, -0.15) is 18.3 Å². The van der Waals surface area contributed by atoms with Crippen LogP contribution in [0.15, 0.2) is 24.5 Å². The van der Waals surface area contributed by atoms with E-state index in [-0.39, 0.29) is 19.0 Å². The normalized spacial score (nSPS) is 17.8. The van der Waals surface area contributed by atoms with Crippen molar-refractivity contribution in [1.29, 1.82) is 0 Å². The van der Waals surface area contributed by atoms with E-state index >= 15 is 0 Å². The Labute approximate surface area is 165 Å². The number of ether oxygens (including phenoxy) is 1. The summed E-state index contributed by atoms with van der Waals surface area (Å²) in [6.07, 6.45) is -3.97. The van der Waals surface area contributed by atoms with E-state index < -0.39 is 23.9 Å². The molecule has 1 aliphatic rings. The first-order chi connectivity index (χ1) is 13.5. The second kappa shape index (κ2) is 7.53. The number of fused-ring (bicyclic) bond motifs is 1. The minimum atomic E-state index is -4.60. The van der Waals surface area contributed by atoms with Crippen molar-refractivity contribution < 1.29 is 27.5 Å². The van der Waals surface area contributed by atoms with Gasteiger partial charge in [0.1, 0.15) is 0 Å². The third-order valence-corrected chi connectivity index (χ3v) is 5.45. The molecule has 8 nitrogen and oxygen atoms in total. The molecule has 2 amide bonds. The quantitative estimate of drug-likeness (QED) is 0.773. The number of rotatable bonds is 3. The van der Waals surface area contributed by atoms with Gasteiger partial charge >= 0.3 is 12.3 Å². The van der Waals surface area contributed by atoms with Crippen LogP contribution >= 0.6 is 0 Å². The van der Waals surface area contributed by atoms with Crippen LogP contribution in [0.5, 0.6) is 0 Å². The monoisotopic (exact) mass is 413 g/mol. The Balaban J connectivity index is 1.65. The van der Waals surface area contributed by atoms with Gasteiger partial charge in [0.05, 0.1) is 6.20 Å². The lowest BCUT2D eigenvalue weighted by Crippen LogP contribution is -2.55. The van der Waals surface area contributed by atoms with E-state index in [0.717, 1.165) is 6.92 Å². The lowest BCUT2D eigenvalue weighted by atomic mass is 9.88. The number of carbonyl (C=O) groups excluding carboxylic acids is 2. The number of hydrogen-bond donors (Lipinski definition) is 0. The maximum absolute atomic E-state index is 13.0. The van der Waals surface area contributed by atoms with E-state index in [1.165, 1.54) is 15.6 Å². The molecular formula is C18H22F3N5O3. The molecule has 0 aromatic carbocycles. The molecule has 0 saturated carbocycles. The van der Waals surface area contributed by atoms with Crippen molar-refractivity contribution in [3.63, 3.8) is 0 Å². The number of aromatic nitrogens is 3. The summed E-state index contributed by atoms with van der Waals surface area (Å²) in [5.74, 6) is -0.277. The Morgan fingerprint density at radius 3 is 2.59 bits per heavy atom. The molecule has 1 aliphatic heterocycles. The lowest BCUT2D eigenvalue weighted by molar-refractivity contribution is -0.200. The smallest absolute Gasteiger partial charge is 0.425 e. The zero-order chi connectivity index (χ0) is 21.4. The highest BCUT2D eigenvalue weighted by molar-refractivity contribution is 5.93. The van der Waals surface area contributed by atoms with Gasteiger partial charge in [0.15, 0.2) is 17.4 Å². The zero-order valence-corrected chi connectivity index (χ0v) is 16.3. The van der Waals surface area contributed by atoms with Crippen molar-refractivity contribution in [1.82, 2.24) is 24.4 Å². The van der Waals surface area contributed by atoms with Crippen LogP contribution in [0.4, 0.5) is 18.0 Å². The largest absolute Gasteiger partial charge is 0.437 e. The number of carbonyl (C=O) groups is 2. The predicted molar refractivity (Wildman–Crippen MR) is 96.3 cm³/mol. The Morgan fingerprint density at radius 2 is 1.97 bits per heavy atom. The standard InChI is InChI=1S/C18H22F3N5O3/c1-12(18(19,20)21)29-16(28)25-9-6-17(2,7-10-25)24(3)15(27)13-11-22-14-5-4-8-23-26(13)14/h4-5,8,11-12H,6-7,9-10H2,1-3H3. The summed E-state index contributed by atoms with van der Waals surface area (Å²) in [6, 6.07) is 3.45. The highest BCUT2D eigenvalue weighted by Gasteiger charge is 2.42. The van der Waals surface area contributed by atoms with Gasteiger partial charge in [0, 0.05) is 31.9 Å². The fraction of sp³-hybridized carbons (Fsp3) is 0.556. The van der Waals surface area contributed by atoms with Crippen LogP contribution in [-0.2, 0) is 4.74 Å². The fourth-order valence-electron chi connectivity index (χ4n) is 3.19. The summed E-state index contributed by atoms with van der Waals surface area (Å²) in [5.41, 5.74) is 0.276. The number of likely N-dealkylation sites (tertiary alicyclic amines) is 1. The fourth-order valence-corrected chi connectivity index (χ4v) is 3.19. The molecule has 0 bridgehead atoms. The molecule has 2 aromatic rings. The van der Waals surface area contributed by atoms with Gasteiger partial charge in [-0.1, -0.05) is 0 Å². The van der Waals surface area contributed by atoms with Crippen LogP contribution in [-0.4, -0.2) is 74.4 Å². The second-order valence-electron chi connectivity index (χ2n) is 7.35. The molecule has 1 atom stereocenters. The molecule has 1 unspecified atom stereocenters. The summed E-state index contributed by atoms with van der Waals surface area (Å²) in [5, 5.41) is 4.14. The molecule has 0 aliphatic carbocycles. The highest BCUT2D eigenvalue weighted by Crippen LogP contribution is 2.30. The van der Waals surface area contributed by atoms with E-state index in [2.05, 4.69) is 14.8 Å². The van der Waals surface area contributed by atoms with Gasteiger partial charge in [-0.05, 0) is 38.8 Å². The van der Waals surface area contributed by atoms with Gasteiger partial charge in [-0.25, -0.2) is 14.3 Å². The number of halogens is 3. The predicted octanol–water partition coefficient (Wildman–Crippen LogP) is 2.74. The van der Waals surface area contributed by atoms with Crippen LogP contribution in [0.1, 0.15) is 37.2 Å². The lowest BCUT2D eigenvalue weighted by Gasteiger charge is -2.44. The van der Waals surface area contributed by atoms with Crippen molar-refractivity contribution in [3.8, 4) is 0 Å². The number of hydrogen-bond acceptors (Lipinski definition) is 5. The molecule has 158 valence electrons. The topological polar surface area (TPSA) is 80.0 Å². The summed E-state index contributed by atoms with van der Waals surface area (Å²) in [4.78, 5) is 32.0. The number of imidazole rings is 1.